The van der Waals surface area contributed by atoms with Crippen LogP contribution in [0.2, 0.25) is 0 Å². The lowest BCUT2D eigenvalue weighted by Gasteiger charge is -2.32. The van der Waals surface area contributed by atoms with Gasteiger partial charge in [-0.1, -0.05) is 63.9 Å². The lowest BCUT2D eigenvalue weighted by molar-refractivity contribution is -0.150. The third-order valence-electron chi connectivity index (χ3n) is 8.18. The molecule has 0 aromatic heterocycles. The van der Waals surface area contributed by atoms with Crippen LogP contribution in [0.1, 0.15) is 75.7 Å². The summed E-state index contributed by atoms with van der Waals surface area (Å²) in [5.41, 5.74) is 3.09. The van der Waals surface area contributed by atoms with Crippen LogP contribution in [0.4, 0.5) is 0 Å². The average molecular weight is 481 g/mol. The van der Waals surface area contributed by atoms with E-state index in [0.717, 1.165) is 37.7 Å². The van der Waals surface area contributed by atoms with Crippen LogP contribution >= 0.6 is 0 Å². The standard InChI is InChI=1S/C30H40O5/c1-29(2,3)23-11-8-20(9-12-23)16-22-19-35-27(21-10-13-25(33-4)26(17-21)34-5)24(22)18-30(28(31)32)14-6-7-15-30/h8-13,17,22,24,27H,6-7,14-16,18-19H2,1-5H3,(H,31,32)/t22-,24+,27+/m0/s1. The molecule has 5 nitrogen and oxygen atoms in total. The van der Waals surface area contributed by atoms with Crippen molar-refractivity contribution >= 4 is 5.97 Å². The zero-order valence-corrected chi connectivity index (χ0v) is 21.8. The Bertz CT molecular complexity index is 1010. The van der Waals surface area contributed by atoms with Gasteiger partial charge in [0, 0.05) is 0 Å². The molecule has 2 aliphatic rings. The summed E-state index contributed by atoms with van der Waals surface area (Å²) in [7, 11) is 3.26. The number of methoxy groups -OCH3 is 2. The normalized spacial score (nSPS) is 23.9. The third-order valence-corrected chi connectivity index (χ3v) is 8.18. The largest absolute Gasteiger partial charge is 0.493 e. The Morgan fingerprint density at radius 2 is 1.69 bits per heavy atom. The van der Waals surface area contributed by atoms with Gasteiger partial charge in [0.2, 0.25) is 0 Å². The Morgan fingerprint density at radius 1 is 1.03 bits per heavy atom. The van der Waals surface area contributed by atoms with Gasteiger partial charge in [-0.3, -0.25) is 4.79 Å². The number of aliphatic carboxylic acids is 1. The summed E-state index contributed by atoms with van der Waals surface area (Å²) < 4.78 is 17.4. The molecular formula is C30H40O5. The lowest BCUT2D eigenvalue weighted by atomic mass is 9.71. The highest BCUT2D eigenvalue weighted by atomic mass is 16.5. The second-order valence-electron chi connectivity index (χ2n) is 11.4. The summed E-state index contributed by atoms with van der Waals surface area (Å²) in [4.78, 5) is 12.5. The smallest absolute Gasteiger partial charge is 0.309 e. The van der Waals surface area contributed by atoms with Gasteiger partial charge in [-0.2, -0.15) is 0 Å². The van der Waals surface area contributed by atoms with Gasteiger partial charge in [0.05, 0.1) is 32.3 Å². The molecule has 2 aromatic rings. The first-order chi connectivity index (χ1) is 16.7. The molecule has 2 fully saturated rings. The van der Waals surface area contributed by atoms with Crippen molar-refractivity contribution in [2.45, 2.75) is 70.8 Å². The molecule has 0 spiro atoms. The number of rotatable bonds is 8. The molecule has 0 radical (unpaired) electrons. The van der Waals surface area contributed by atoms with Gasteiger partial charge >= 0.3 is 5.97 Å². The summed E-state index contributed by atoms with van der Waals surface area (Å²) in [6, 6.07) is 14.8. The Hall–Kier alpha value is -2.53. The predicted molar refractivity (Wildman–Crippen MR) is 137 cm³/mol. The second kappa shape index (κ2) is 10.2. The number of carboxylic acid groups (broad SMARTS) is 1. The highest BCUT2D eigenvalue weighted by Crippen LogP contribution is 2.52. The molecule has 2 aromatic carbocycles. The number of carboxylic acids is 1. The summed E-state index contributed by atoms with van der Waals surface area (Å²) in [5, 5.41) is 10.2. The molecule has 1 aliphatic carbocycles. The van der Waals surface area contributed by atoms with Crippen molar-refractivity contribution in [3.05, 3.63) is 59.2 Å². The fourth-order valence-electron chi connectivity index (χ4n) is 6.03. The van der Waals surface area contributed by atoms with E-state index in [4.69, 9.17) is 14.2 Å². The van der Waals surface area contributed by atoms with Crippen LogP contribution in [0.5, 0.6) is 11.5 Å². The molecule has 190 valence electrons. The van der Waals surface area contributed by atoms with Crippen LogP contribution in [0.3, 0.4) is 0 Å². The fraction of sp³-hybridized carbons (Fsp3) is 0.567. The zero-order valence-electron chi connectivity index (χ0n) is 21.8. The number of benzene rings is 2. The highest BCUT2D eigenvalue weighted by Gasteiger charge is 2.48. The third kappa shape index (κ3) is 5.35. The molecule has 5 heteroatoms. The maximum Gasteiger partial charge on any atom is 0.309 e. The van der Waals surface area contributed by atoms with Crippen molar-refractivity contribution in [2.75, 3.05) is 20.8 Å². The Kier molecular flexibility index (Phi) is 7.46. The number of hydrogen-bond acceptors (Lipinski definition) is 4. The monoisotopic (exact) mass is 480 g/mol. The van der Waals surface area contributed by atoms with Crippen molar-refractivity contribution in [2.24, 2.45) is 17.3 Å². The topological polar surface area (TPSA) is 65.0 Å². The summed E-state index contributed by atoms with van der Waals surface area (Å²) >= 11 is 0. The van der Waals surface area contributed by atoms with E-state index >= 15 is 0 Å². The van der Waals surface area contributed by atoms with E-state index in [0.29, 0.717) is 24.5 Å². The number of carbonyl (C=O) groups is 1. The van der Waals surface area contributed by atoms with Crippen LogP contribution in [0.15, 0.2) is 42.5 Å². The fourth-order valence-corrected chi connectivity index (χ4v) is 6.03. The van der Waals surface area contributed by atoms with Crippen LogP contribution in [-0.4, -0.2) is 31.9 Å². The Labute approximate surface area is 209 Å². The molecule has 1 saturated carbocycles. The maximum absolute atomic E-state index is 12.5. The lowest BCUT2D eigenvalue weighted by Crippen LogP contribution is -2.33. The highest BCUT2D eigenvalue weighted by molar-refractivity contribution is 5.75. The van der Waals surface area contributed by atoms with E-state index in [9.17, 15) is 9.90 Å². The van der Waals surface area contributed by atoms with E-state index in [1.807, 2.05) is 18.2 Å². The Morgan fingerprint density at radius 3 is 2.26 bits per heavy atom. The molecule has 1 heterocycles. The van der Waals surface area contributed by atoms with Crippen LogP contribution in [0.25, 0.3) is 0 Å². The first kappa shape index (κ1) is 25.6. The predicted octanol–water partition coefficient (Wildman–Crippen LogP) is 6.58. The van der Waals surface area contributed by atoms with Gasteiger partial charge in [0.25, 0.3) is 0 Å². The number of hydrogen-bond donors (Lipinski definition) is 1. The van der Waals surface area contributed by atoms with E-state index < -0.39 is 11.4 Å². The molecule has 0 bridgehead atoms. The van der Waals surface area contributed by atoms with Crippen molar-refractivity contribution in [1.29, 1.82) is 0 Å². The molecular weight excluding hydrogens is 440 g/mol. The second-order valence-corrected chi connectivity index (χ2v) is 11.4. The Balaban J connectivity index is 1.64. The van der Waals surface area contributed by atoms with E-state index in [1.54, 1.807) is 14.2 Å². The summed E-state index contributed by atoms with van der Waals surface area (Å²) in [5.74, 6) is 1.07. The van der Waals surface area contributed by atoms with Gasteiger partial charge < -0.3 is 19.3 Å². The van der Waals surface area contributed by atoms with E-state index in [1.165, 1.54) is 11.1 Å². The molecule has 1 saturated heterocycles. The van der Waals surface area contributed by atoms with Crippen molar-refractivity contribution in [1.82, 2.24) is 0 Å². The minimum absolute atomic E-state index is 0.115. The number of ether oxygens (including phenoxy) is 3. The van der Waals surface area contributed by atoms with Gasteiger partial charge in [-0.15, -0.1) is 0 Å². The minimum atomic E-state index is -0.652. The van der Waals surface area contributed by atoms with E-state index in [-0.39, 0.29) is 23.4 Å². The first-order valence-electron chi connectivity index (χ1n) is 12.8. The van der Waals surface area contributed by atoms with Gasteiger partial charge in [0.15, 0.2) is 11.5 Å². The van der Waals surface area contributed by atoms with Crippen molar-refractivity contribution < 1.29 is 24.1 Å². The van der Waals surface area contributed by atoms with Crippen LogP contribution < -0.4 is 9.47 Å². The van der Waals surface area contributed by atoms with E-state index in [2.05, 4.69) is 45.0 Å². The molecule has 0 unspecified atom stereocenters. The molecule has 35 heavy (non-hydrogen) atoms. The molecule has 1 N–H and O–H groups in total. The van der Waals surface area contributed by atoms with Gasteiger partial charge in [0.1, 0.15) is 0 Å². The molecule has 0 amide bonds. The van der Waals surface area contributed by atoms with Gasteiger partial charge in [-0.25, -0.2) is 0 Å². The maximum atomic E-state index is 12.5. The summed E-state index contributed by atoms with van der Waals surface area (Å²) in [6.45, 7) is 7.30. The molecule has 4 rings (SSSR count). The minimum Gasteiger partial charge on any atom is -0.493 e. The summed E-state index contributed by atoms with van der Waals surface area (Å²) in [6.07, 6.45) is 4.85. The first-order valence-corrected chi connectivity index (χ1v) is 12.8. The van der Waals surface area contributed by atoms with Gasteiger partial charge in [-0.05, 0) is 71.8 Å². The molecule has 1 aliphatic heterocycles. The van der Waals surface area contributed by atoms with Crippen molar-refractivity contribution in [3.8, 4) is 11.5 Å². The molecule has 3 atom stereocenters. The SMILES string of the molecule is COc1ccc([C@H]2OC[C@H](Cc3ccc(C(C)(C)C)cc3)[C@H]2CC2(C(=O)O)CCCC2)cc1OC. The van der Waals surface area contributed by atoms with Crippen molar-refractivity contribution in [3.63, 3.8) is 0 Å². The van der Waals surface area contributed by atoms with Crippen LogP contribution in [-0.2, 0) is 21.4 Å². The quantitative estimate of drug-likeness (QED) is 0.462. The van der Waals surface area contributed by atoms with Crippen LogP contribution in [0, 0.1) is 17.3 Å². The zero-order chi connectivity index (χ0) is 25.2. The average Bonchev–Trinajstić information content (AvgIpc) is 3.47.